The fraction of sp³-hybridized carbons (Fsp3) is 0.125. The molecule has 0 aliphatic heterocycles. The lowest BCUT2D eigenvalue weighted by atomic mass is 10.1. The summed E-state index contributed by atoms with van der Waals surface area (Å²) in [6.45, 7) is -0.312. The number of para-hydroxylation sites is 1. The molecule has 2 aromatic carbocycles. The van der Waals surface area contributed by atoms with E-state index in [9.17, 15) is 18.0 Å². The minimum atomic E-state index is -4.49. The molecular weight excluding hydrogens is 307 g/mol. The first-order chi connectivity index (χ1) is 10.9. The number of nitrogens with one attached hydrogen (secondary N) is 2. The number of rotatable bonds is 4. The third-order valence-corrected chi connectivity index (χ3v) is 2.97. The predicted octanol–water partition coefficient (Wildman–Crippen LogP) is 3.63. The third-order valence-electron chi connectivity index (χ3n) is 2.97. The van der Waals surface area contributed by atoms with Crippen LogP contribution in [-0.4, -0.2) is 12.5 Å². The Hall–Kier alpha value is -3.01. The van der Waals surface area contributed by atoms with Crippen molar-refractivity contribution < 1.29 is 18.0 Å². The van der Waals surface area contributed by atoms with Gasteiger partial charge in [-0.25, -0.2) is 0 Å². The monoisotopic (exact) mass is 319 g/mol. The summed E-state index contributed by atoms with van der Waals surface area (Å²) in [5.41, 5.74) is -0.0821. The van der Waals surface area contributed by atoms with E-state index in [4.69, 9.17) is 5.26 Å². The number of hydrogen-bond acceptors (Lipinski definition) is 3. The first kappa shape index (κ1) is 16.4. The van der Waals surface area contributed by atoms with Crippen molar-refractivity contribution in [3.63, 3.8) is 0 Å². The van der Waals surface area contributed by atoms with Gasteiger partial charge >= 0.3 is 6.18 Å². The number of anilines is 2. The summed E-state index contributed by atoms with van der Waals surface area (Å²) in [6, 6.07) is 13.0. The molecule has 0 spiro atoms. The van der Waals surface area contributed by atoms with Crippen LogP contribution in [0.25, 0.3) is 0 Å². The highest BCUT2D eigenvalue weighted by Gasteiger charge is 2.33. The second-order valence-corrected chi connectivity index (χ2v) is 4.63. The minimum absolute atomic E-state index is 0.157. The molecule has 2 N–H and O–H groups in total. The molecule has 2 aromatic rings. The number of benzene rings is 2. The van der Waals surface area contributed by atoms with Crippen molar-refractivity contribution in [2.24, 2.45) is 0 Å². The minimum Gasteiger partial charge on any atom is -0.376 e. The van der Waals surface area contributed by atoms with Crippen LogP contribution in [0.1, 0.15) is 11.1 Å². The first-order valence-electron chi connectivity index (χ1n) is 6.60. The molecule has 0 bridgehead atoms. The number of nitrogens with zero attached hydrogens (tertiary/aromatic N) is 1. The van der Waals surface area contributed by atoms with Crippen molar-refractivity contribution in [2.75, 3.05) is 17.2 Å². The van der Waals surface area contributed by atoms with Gasteiger partial charge in [0.15, 0.2) is 0 Å². The van der Waals surface area contributed by atoms with Gasteiger partial charge in [0.05, 0.1) is 23.7 Å². The van der Waals surface area contributed by atoms with Gasteiger partial charge in [-0.1, -0.05) is 12.1 Å². The molecule has 118 valence electrons. The van der Waals surface area contributed by atoms with E-state index in [-0.39, 0.29) is 12.2 Å². The highest BCUT2D eigenvalue weighted by atomic mass is 19.4. The van der Waals surface area contributed by atoms with Crippen LogP contribution in [0.3, 0.4) is 0 Å². The van der Waals surface area contributed by atoms with Crippen LogP contribution < -0.4 is 10.6 Å². The van der Waals surface area contributed by atoms with Gasteiger partial charge in [0.25, 0.3) is 0 Å². The largest absolute Gasteiger partial charge is 0.418 e. The molecule has 0 aromatic heterocycles. The number of carbonyl (C=O) groups is 1. The normalized spacial score (nSPS) is 10.7. The van der Waals surface area contributed by atoms with Crippen LogP contribution in [0.4, 0.5) is 24.5 Å². The molecule has 0 fully saturated rings. The average molecular weight is 319 g/mol. The molecule has 0 heterocycles. The fourth-order valence-corrected chi connectivity index (χ4v) is 1.89. The Morgan fingerprint density at radius 2 is 1.74 bits per heavy atom. The first-order valence-corrected chi connectivity index (χ1v) is 6.60. The molecule has 0 radical (unpaired) electrons. The molecule has 7 heteroatoms. The molecule has 0 aliphatic rings. The molecule has 0 aliphatic carbocycles. The topological polar surface area (TPSA) is 64.9 Å². The fourth-order valence-electron chi connectivity index (χ4n) is 1.89. The maximum Gasteiger partial charge on any atom is 0.418 e. The molecule has 23 heavy (non-hydrogen) atoms. The van der Waals surface area contributed by atoms with Crippen LogP contribution in [0, 0.1) is 11.3 Å². The number of halogens is 3. The molecule has 0 atom stereocenters. The van der Waals surface area contributed by atoms with Crippen molar-refractivity contribution >= 4 is 17.3 Å². The summed E-state index contributed by atoms with van der Waals surface area (Å²) in [6.07, 6.45) is -4.49. The van der Waals surface area contributed by atoms with Gasteiger partial charge in [-0.3, -0.25) is 4.79 Å². The Labute approximate surface area is 130 Å². The van der Waals surface area contributed by atoms with E-state index in [1.165, 1.54) is 30.3 Å². The van der Waals surface area contributed by atoms with Gasteiger partial charge in [0.1, 0.15) is 0 Å². The Bertz CT molecular complexity index is 733. The zero-order valence-corrected chi connectivity index (χ0v) is 11.8. The summed E-state index contributed by atoms with van der Waals surface area (Å²) in [7, 11) is 0. The smallest absolute Gasteiger partial charge is 0.376 e. The van der Waals surface area contributed by atoms with Gasteiger partial charge in [-0.2, -0.15) is 18.4 Å². The molecule has 0 unspecified atom stereocenters. The van der Waals surface area contributed by atoms with Crippen molar-refractivity contribution in [2.45, 2.75) is 6.18 Å². The third kappa shape index (κ3) is 4.48. The Kier molecular flexibility index (Phi) is 4.86. The van der Waals surface area contributed by atoms with E-state index < -0.39 is 17.6 Å². The number of alkyl halides is 3. The lowest BCUT2D eigenvalue weighted by Crippen LogP contribution is -2.23. The van der Waals surface area contributed by atoms with E-state index in [1.807, 2.05) is 6.07 Å². The molecular formula is C16H12F3N3O. The Morgan fingerprint density at radius 1 is 1.09 bits per heavy atom. The zero-order chi connectivity index (χ0) is 16.9. The van der Waals surface area contributed by atoms with Crippen molar-refractivity contribution in [1.82, 2.24) is 0 Å². The Balaban J connectivity index is 1.98. The maximum absolute atomic E-state index is 12.8. The number of carbonyl (C=O) groups excluding carboxylic acids is 1. The summed E-state index contributed by atoms with van der Waals surface area (Å²) in [5, 5.41) is 13.7. The van der Waals surface area contributed by atoms with Gasteiger partial charge < -0.3 is 10.6 Å². The second-order valence-electron chi connectivity index (χ2n) is 4.63. The SMILES string of the molecule is N#Cc1ccc(NC(=O)CNc2ccccc2C(F)(F)F)cc1. The van der Waals surface area contributed by atoms with Gasteiger partial charge in [-0.05, 0) is 36.4 Å². The van der Waals surface area contributed by atoms with Crippen LogP contribution in [0.2, 0.25) is 0 Å². The molecule has 0 saturated heterocycles. The molecule has 1 amide bonds. The predicted molar refractivity (Wildman–Crippen MR) is 79.7 cm³/mol. The van der Waals surface area contributed by atoms with Crippen molar-refractivity contribution in [3.8, 4) is 6.07 Å². The standard InChI is InChI=1S/C16H12F3N3O/c17-16(18,19)13-3-1-2-4-14(13)21-10-15(23)22-12-7-5-11(9-20)6-8-12/h1-8,21H,10H2,(H,22,23). The van der Waals surface area contributed by atoms with Gasteiger partial charge in [-0.15, -0.1) is 0 Å². The van der Waals surface area contributed by atoms with E-state index in [2.05, 4.69) is 10.6 Å². The van der Waals surface area contributed by atoms with Crippen molar-refractivity contribution in [3.05, 3.63) is 59.7 Å². The van der Waals surface area contributed by atoms with Gasteiger partial charge in [0.2, 0.25) is 5.91 Å². The summed E-state index contributed by atoms with van der Waals surface area (Å²) in [4.78, 5) is 11.8. The van der Waals surface area contributed by atoms with Crippen LogP contribution >= 0.6 is 0 Å². The van der Waals surface area contributed by atoms with E-state index in [0.29, 0.717) is 11.3 Å². The molecule has 4 nitrogen and oxygen atoms in total. The van der Waals surface area contributed by atoms with Gasteiger partial charge in [0, 0.05) is 11.4 Å². The highest BCUT2D eigenvalue weighted by Crippen LogP contribution is 2.34. The summed E-state index contributed by atoms with van der Waals surface area (Å²) < 4.78 is 38.5. The number of nitriles is 1. The summed E-state index contributed by atoms with van der Waals surface area (Å²) in [5.74, 6) is -0.494. The quantitative estimate of drug-likeness (QED) is 0.904. The van der Waals surface area contributed by atoms with Crippen molar-refractivity contribution in [1.29, 1.82) is 5.26 Å². The highest BCUT2D eigenvalue weighted by molar-refractivity contribution is 5.93. The summed E-state index contributed by atoms with van der Waals surface area (Å²) >= 11 is 0. The average Bonchev–Trinajstić information content (AvgIpc) is 2.53. The van der Waals surface area contributed by atoms with E-state index in [1.54, 1.807) is 12.1 Å². The van der Waals surface area contributed by atoms with Crippen LogP contribution in [-0.2, 0) is 11.0 Å². The zero-order valence-electron chi connectivity index (χ0n) is 11.8. The maximum atomic E-state index is 12.8. The van der Waals surface area contributed by atoms with Crippen LogP contribution in [0.15, 0.2) is 48.5 Å². The lowest BCUT2D eigenvalue weighted by Gasteiger charge is -2.14. The molecule has 0 saturated carbocycles. The van der Waals surface area contributed by atoms with E-state index >= 15 is 0 Å². The Morgan fingerprint density at radius 3 is 2.35 bits per heavy atom. The lowest BCUT2D eigenvalue weighted by molar-refractivity contribution is -0.137. The molecule has 2 rings (SSSR count). The second kappa shape index (κ2) is 6.83. The number of hydrogen-bond donors (Lipinski definition) is 2. The van der Waals surface area contributed by atoms with E-state index in [0.717, 1.165) is 6.07 Å². The number of amides is 1. The van der Waals surface area contributed by atoms with Crippen LogP contribution in [0.5, 0.6) is 0 Å².